The van der Waals surface area contributed by atoms with E-state index >= 15 is 0 Å². The van der Waals surface area contributed by atoms with Gasteiger partial charge in [-0.2, -0.15) is 0 Å². The summed E-state index contributed by atoms with van der Waals surface area (Å²) in [4.78, 5) is 0.800. The maximum absolute atomic E-state index is 10.4. The highest BCUT2D eigenvalue weighted by molar-refractivity contribution is 9.10. The minimum Gasteiger partial charge on any atom is -0.493 e. The SMILES string of the molecule is COc1cc(Cl)c(C(O)c2sccc2Br)cc1OC. The first-order valence-electron chi connectivity index (χ1n) is 5.40. The second-order valence-electron chi connectivity index (χ2n) is 3.76. The number of methoxy groups -OCH3 is 2. The molecule has 0 spiro atoms. The lowest BCUT2D eigenvalue weighted by molar-refractivity contribution is 0.222. The minimum atomic E-state index is -0.804. The molecule has 0 bridgehead atoms. The summed E-state index contributed by atoms with van der Waals surface area (Å²) >= 11 is 11.1. The summed E-state index contributed by atoms with van der Waals surface area (Å²) in [7, 11) is 3.09. The van der Waals surface area contributed by atoms with Crippen LogP contribution >= 0.6 is 38.9 Å². The van der Waals surface area contributed by atoms with Crippen molar-refractivity contribution in [1.82, 2.24) is 0 Å². The maximum atomic E-state index is 10.4. The van der Waals surface area contributed by atoms with Gasteiger partial charge in [-0.15, -0.1) is 11.3 Å². The van der Waals surface area contributed by atoms with Gasteiger partial charge in [0, 0.05) is 16.1 Å². The smallest absolute Gasteiger partial charge is 0.162 e. The molecule has 3 nitrogen and oxygen atoms in total. The lowest BCUT2D eigenvalue weighted by Gasteiger charge is -2.15. The molecule has 1 unspecified atom stereocenters. The molecule has 0 aliphatic carbocycles. The molecule has 1 aromatic carbocycles. The van der Waals surface area contributed by atoms with Crippen LogP contribution in [0, 0.1) is 0 Å². The third-order valence-electron chi connectivity index (χ3n) is 2.69. The Morgan fingerprint density at radius 2 is 1.89 bits per heavy atom. The van der Waals surface area contributed by atoms with Gasteiger partial charge in [-0.25, -0.2) is 0 Å². The molecule has 1 heterocycles. The normalized spacial score (nSPS) is 12.3. The molecule has 0 amide bonds. The molecule has 1 atom stereocenters. The number of hydrogen-bond donors (Lipinski definition) is 1. The van der Waals surface area contributed by atoms with E-state index in [4.69, 9.17) is 21.1 Å². The monoisotopic (exact) mass is 362 g/mol. The first-order chi connectivity index (χ1) is 9.08. The van der Waals surface area contributed by atoms with Gasteiger partial charge in [-0.3, -0.25) is 0 Å². The summed E-state index contributed by atoms with van der Waals surface area (Å²) in [5.74, 6) is 1.07. The summed E-state index contributed by atoms with van der Waals surface area (Å²) in [6, 6.07) is 5.22. The van der Waals surface area contributed by atoms with Gasteiger partial charge in [0.2, 0.25) is 0 Å². The molecule has 102 valence electrons. The third kappa shape index (κ3) is 2.89. The Kier molecular flexibility index (Phi) is 4.73. The van der Waals surface area contributed by atoms with Crippen molar-refractivity contribution in [1.29, 1.82) is 0 Å². The zero-order valence-corrected chi connectivity index (χ0v) is 13.5. The van der Waals surface area contributed by atoms with Gasteiger partial charge in [0.1, 0.15) is 6.10 Å². The van der Waals surface area contributed by atoms with Crippen molar-refractivity contribution < 1.29 is 14.6 Å². The molecular formula is C13H12BrClO3S. The maximum Gasteiger partial charge on any atom is 0.162 e. The lowest BCUT2D eigenvalue weighted by atomic mass is 10.1. The van der Waals surface area contributed by atoms with E-state index in [2.05, 4.69) is 15.9 Å². The average Bonchev–Trinajstić information content (AvgIpc) is 2.83. The van der Waals surface area contributed by atoms with E-state index in [0.717, 1.165) is 9.35 Å². The molecule has 6 heteroatoms. The van der Waals surface area contributed by atoms with Crippen LogP contribution in [0.2, 0.25) is 5.02 Å². The Bertz CT molecular complexity index is 585. The Morgan fingerprint density at radius 3 is 2.42 bits per heavy atom. The van der Waals surface area contributed by atoms with Crippen molar-refractivity contribution in [2.24, 2.45) is 0 Å². The molecule has 19 heavy (non-hydrogen) atoms. The van der Waals surface area contributed by atoms with Crippen LogP contribution in [0.15, 0.2) is 28.1 Å². The van der Waals surface area contributed by atoms with Gasteiger partial charge in [0.15, 0.2) is 11.5 Å². The van der Waals surface area contributed by atoms with Crippen LogP contribution in [0.5, 0.6) is 11.5 Å². The molecule has 2 aromatic rings. The lowest BCUT2D eigenvalue weighted by Crippen LogP contribution is -2.01. The number of aliphatic hydroxyl groups excluding tert-OH is 1. The molecule has 0 aliphatic rings. The Morgan fingerprint density at radius 1 is 1.26 bits per heavy atom. The van der Waals surface area contributed by atoms with Gasteiger partial charge in [-0.1, -0.05) is 11.6 Å². The summed E-state index contributed by atoms with van der Waals surface area (Å²) in [6.07, 6.45) is -0.804. The number of thiophene rings is 1. The Labute approximate surface area is 128 Å². The van der Waals surface area contributed by atoms with E-state index in [9.17, 15) is 5.11 Å². The van der Waals surface area contributed by atoms with Crippen LogP contribution in [0.25, 0.3) is 0 Å². The molecule has 1 N–H and O–H groups in total. The van der Waals surface area contributed by atoms with Crippen molar-refractivity contribution in [3.05, 3.63) is 43.5 Å². The van der Waals surface area contributed by atoms with Crippen molar-refractivity contribution >= 4 is 38.9 Å². The summed E-state index contributed by atoms with van der Waals surface area (Å²) in [5, 5.41) is 12.8. The number of benzene rings is 1. The molecule has 0 radical (unpaired) electrons. The van der Waals surface area contributed by atoms with Gasteiger partial charge < -0.3 is 14.6 Å². The van der Waals surface area contributed by atoms with E-state index in [1.54, 1.807) is 26.4 Å². The fraction of sp³-hybridized carbons (Fsp3) is 0.231. The summed E-state index contributed by atoms with van der Waals surface area (Å²) < 4.78 is 11.3. The van der Waals surface area contributed by atoms with Crippen molar-refractivity contribution in [3.63, 3.8) is 0 Å². The van der Waals surface area contributed by atoms with Gasteiger partial charge in [0.05, 0.1) is 24.1 Å². The quantitative estimate of drug-likeness (QED) is 0.882. The largest absolute Gasteiger partial charge is 0.493 e. The molecule has 0 saturated carbocycles. The molecule has 2 rings (SSSR count). The topological polar surface area (TPSA) is 38.7 Å². The van der Waals surface area contributed by atoms with Crippen molar-refractivity contribution in [3.8, 4) is 11.5 Å². The predicted octanol–water partition coefficient (Wildman–Crippen LogP) is 4.26. The average molecular weight is 364 g/mol. The van der Waals surface area contributed by atoms with Crippen LogP contribution in [0.1, 0.15) is 16.5 Å². The zero-order valence-electron chi connectivity index (χ0n) is 10.3. The highest BCUT2D eigenvalue weighted by Gasteiger charge is 2.20. The fourth-order valence-electron chi connectivity index (χ4n) is 1.72. The number of ether oxygens (including phenoxy) is 2. The standard InChI is InChI=1S/C13H12BrClO3S/c1-17-10-5-7(9(15)6-11(10)18-2)12(16)13-8(14)3-4-19-13/h3-6,12,16H,1-2H3. The van der Waals surface area contributed by atoms with Gasteiger partial charge >= 0.3 is 0 Å². The first-order valence-corrected chi connectivity index (χ1v) is 7.46. The van der Waals surface area contributed by atoms with Gasteiger partial charge in [0.25, 0.3) is 0 Å². The first kappa shape index (κ1) is 14.7. The number of halogens is 2. The van der Waals surface area contributed by atoms with Crippen molar-refractivity contribution in [2.75, 3.05) is 14.2 Å². The van der Waals surface area contributed by atoms with Gasteiger partial charge in [-0.05, 0) is 33.4 Å². The zero-order chi connectivity index (χ0) is 14.0. The molecule has 0 saturated heterocycles. The molecular weight excluding hydrogens is 352 g/mol. The second-order valence-corrected chi connectivity index (χ2v) is 5.97. The Balaban J connectivity index is 2.48. The Hall–Kier alpha value is -0.750. The number of hydrogen-bond acceptors (Lipinski definition) is 4. The number of rotatable bonds is 4. The summed E-state index contributed by atoms with van der Waals surface area (Å²) in [5.41, 5.74) is 0.586. The molecule has 0 aliphatic heterocycles. The highest BCUT2D eigenvalue weighted by Crippen LogP contribution is 2.40. The number of aliphatic hydroxyl groups is 1. The van der Waals surface area contributed by atoms with E-state index in [-0.39, 0.29) is 0 Å². The van der Waals surface area contributed by atoms with E-state index in [0.29, 0.717) is 22.1 Å². The van der Waals surface area contributed by atoms with Crippen LogP contribution in [-0.4, -0.2) is 19.3 Å². The van der Waals surface area contributed by atoms with E-state index in [1.165, 1.54) is 11.3 Å². The summed E-state index contributed by atoms with van der Waals surface area (Å²) in [6.45, 7) is 0. The van der Waals surface area contributed by atoms with Crippen LogP contribution < -0.4 is 9.47 Å². The fourth-order valence-corrected chi connectivity index (χ4v) is 3.57. The molecule has 1 aromatic heterocycles. The van der Waals surface area contributed by atoms with Crippen LogP contribution in [0.3, 0.4) is 0 Å². The third-order valence-corrected chi connectivity index (χ3v) is 4.94. The minimum absolute atomic E-state index is 0.436. The highest BCUT2D eigenvalue weighted by atomic mass is 79.9. The van der Waals surface area contributed by atoms with Crippen LogP contribution in [0.4, 0.5) is 0 Å². The predicted molar refractivity (Wildman–Crippen MR) is 80.6 cm³/mol. The van der Waals surface area contributed by atoms with E-state index < -0.39 is 6.10 Å². The second kappa shape index (κ2) is 6.13. The van der Waals surface area contributed by atoms with Crippen molar-refractivity contribution in [2.45, 2.75) is 6.10 Å². The van der Waals surface area contributed by atoms with Crippen LogP contribution in [-0.2, 0) is 0 Å². The van der Waals surface area contributed by atoms with E-state index in [1.807, 2.05) is 11.4 Å². The molecule has 0 fully saturated rings.